The van der Waals surface area contributed by atoms with Crippen molar-refractivity contribution in [1.82, 2.24) is 10.2 Å². The molecule has 2 atom stereocenters. The number of hydrogen-bond acceptors (Lipinski definition) is 2. The van der Waals surface area contributed by atoms with E-state index in [0.29, 0.717) is 11.6 Å². The maximum Gasteiger partial charge on any atom is 0.126 e. The zero-order chi connectivity index (χ0) is 13.8. The summed E-state index contributed by atoms with van der Waals surface area (Å²) in [5.41, 5.74) is 1.73. The van der Waals surface area contributed by atoms with E-state index in [0.717, 1.165) is 12.1 Å². The largest absolute Gasteiger partial charge is 0.309 e. The first-order chi connectivity index (χ1) is 9.08. The predicted molar refractivity (Wildman–Crippen MR) is 77.8 cm³/mol. The minimum absolute atomic E-state index is 0.112. The Labute approximate surface area is 116 Å². The fourth-order valence-electron chi connectivity index (χ4n) is 2.66. The Kier molecular flexibility index (Phi) is 4.94. The van der Waals surface area contributed by atoms with Crippen molar-refractivity contribution in [2.24, 2.45) is 0 Å². The number of hydrogen-bond donors (Lipinski definition) is 1. The number of likely N-dealkylation sites (tertiary alicyclic amines) is 1. The molecule has 1 aromatic carbocycles. The van der Waals surface area contributed by atoms with Crippen molar-refractivity contribution in [1.29, 1.82) is 0 Å². The summed E-state index contributed by atoms with van der Waals surface area (Å²) >= 11 is 0. The van der Waals surface area contributed by atoms with Crippen molar-refractivity contribution < 1.29 is 4.39 Å². The molecule has 0 aromatic heterocycles. The van der Waals surface area contributed by atoms with Crippen LogP contribution >= 0.6 is 0 Å². The molecule has 1 heterocycles. The van der Waals surface area contributed by atoms with Crippen molar-refractivity contribution in [2.75, 3.05) is 19.6 Å². The van der Waals surface area contributed by atoms with E-state index < -0.39 is 0 Å². The maximum atomic E-state index is 13.5. The van der Waals surface area contributed by atoms with Crippen LogP contribution in [0.15, 0.2) is 18.2 Å². The molecule has 1 aliphatic rings. The lowest BCUT2D eigenvalue weighted by atomic mass is 10.1. The second-order valence-corrected chi connectivity index (χ2v) is 5.73. The minimum atomic E-state index is -0.112. The molecule has 2 unspecified atom stereocenters. The van der Waals surface area contributed by atoms with E-state index in [9.17, 15) is 4.39 Å². The summed E-state index contributed by atoms with van der Waals surface area (Å²) in [6, 6.07) is 6.26. The van der Waals surface area contributed by atoms with Crippen molar-refractivity contribution in [3.05, 3.63) is 35.1 Å². The number of nitrogens with one attached hydrogen (secondary N) is 1. The maximum absolute atomic E-state index is 13.5. The molecule has 0 amide bonds. The van der Waals surface area contributed by atoms with Crippen molar-refractivity contribution >= 4 is 0 Å². The van der Waals surface area contributed by atoms with Gasteiger partial charge in [-0.3, -0.25) is 4.90 Å². The van der Waals surface area contributed by atoms with Gasteiger partial charge in [-0.2, -0.15) is 0 Å². The summed E-state index contributed by atoms with van der Waals surface area (Å²) in [6.07, 6.45) is 2.64. The van der Waals surface area contributed by atoms with Crippen LogP contribution in [0.25, 0.3) is 0 Å². The van der Waals surface area contributed by atoms with Gasteiger partial charge in [-0.15, -0.1) is 0 Å². The molecule has 19 heavy (non-hydrogen) atoms. The highest BCUT2D eigenvalue weighted by Crippen LogP contribution is 2.17. The Hall–Kier alpha value is -0.930. The number of aryl methyl sites for hydroxylation is 1. The number of rotatable bonds is 5. The first-order valence-electron chi connectivity index (χ1n) is 7.31. The number of halogens is 1. The Bertz CT molecular complexity index is 413. The molecule has 2 rings (SSSR count). The predicted octanol–water partition coefficient (Wildman–Crippen LogP) is 3.27. The summed E-state index contributed by atoms with van der Waals surface area (Å²) in [6.45, 7) is 9.55. The second kappa shape index (κ2) is 6.49. The third-order valence-corrected chi connectivity index (χ3v) is 4.18. The molecular weight excluding hydrogens is 239 g/mol. The van der Waals surface area contributed by atoms with Gasteiger partial charge in [-0.1, -0.05) is 12.1 Å². The Morgan fingerprint density at radius 3 is 2.58 bits per heavy atom. The quantitative estimate of drug-likeness (QED) is 0.878. The van der Waals surface area contributed by atoms with Crippen LogP contribution in [0.2, 0.25) is 0 Å². The fourth-order valence-corrected chi connectivity index (χ4v) is 2.66. The van der Waals surface area contributed by atoms with E-state index in [-0.39, 0.29) is 11.9 Å². The van der Waals surface area contributed by atoms with Gasteiger partial charge in [-0.05, 0) is 63.9 Å². The van der Waals surface area contributed by atoms with E-state index in [1.54, 1.807) is 13.0 Å². The SMILES string of the molecule is Cc1ccc(C(C)NCC(C)N2CCCC2)cc1F. The van der Waals surface area contributed by atoms with Crippen LogP contribution in [0.3, 0.4) is 0 Å². The highest BCUT2D eigenvalue weighted by Gasteiger charge is 2.18. The van der Waals surface area contributed by atoms with E-state index in [1.807, 2.05) is 12.1 Å². The summed E-state index contributed by atoms with van der Waals surface area (Å²) in [7, 11) is 0. The van der Waals surface area contributed by atoms with Crippen LogP contribution in [0, 0.1) is 12.7 Å². The van der Waals surface area contributed by atoms with Gasteiger partial charge in [0.2, 0.25) is 0 Å². The summed E-state index contributed by atoms with van der Waals surface area (Å²) in [4.78, 5) is 2.52. The fraction of sp³-hybridized carbons (Fsp3) is 0.625. The molecule has 1 saturated heterocycles. The zero-order valence-electron chi connectivity index (χ0n) is 12.2. The van der Waals surface area contributed by atoms with Gasteiger partial charge in [0, 0.05) is 18.6 Å². The first kappa shape index (κ1) is 14.5. The summed E-state index contributed by atoms with van der Waals surface area (Å²) < 4.78 is 13.5. The van der Waals surface area contributed by atoms with Crippen LogP contribution in [-0.2, 0) is 0 Å². The Morgan fingerprint density at radius 1 is 1.26 bits per heavy atom. The molecule has 0 spiro atoms. The zero-order valence-corrected chi connectivity index (χ0v) is 12.2. The smallest absolute Gasteiger partial charge is 0.126 e. The molecule has 1 fully saturated rings. The van der Waals surface area contributed by atoms with Gasteiger partial charge in [0.25, 0.3) is 0 Å². The van der Waals surface area contributed by atoms with Crippen molar-refractivity contribution in [3.8, 4) is 0 Å². The topological polar surface area (TPSA) is 15.3 Å². The van der Waals surface area contributed by atoms with Gasteiger partial charge < -0.3 is 5.32 Å². The van der Waals surface area contributed by atoms with E-state index in [1.165, 1.54) is 25.9 Å². The lowest BCUT2D eigenvalue weighted by Crippen LogP contribution is -2.39. The molecule has 0 saturated carbocycles. The van der Waals surface area contributed by atoms with Gasteiger partial charge in [0.15, 0.2) is 0 Å². The lowest BCUT2D eigenvalue weighted by molar-refractivity contribution is 0.247. The molecule has 106 valence electrons. The van der Waals surface area contributed by atoms with Gasteiger partial charge >= 0.3 is 0 Å². The van der Waals surface area contributed by atoms with Crippen LogP contribution in [0.1, 0.15) is 43.9 Å². The molecule has 0 radical (unpaired) electrons. The average molecular weight is 264 g/mol. The third kappa shape index (κ3) is 3.77. The van der Waals surface area contributed by atoms with Crippen LogP contribution < -0.4 is 5.32 Å². The van der Waals surface area contributed by atoms with Gasteiger partial charge in [0.1, 0.15) is 5.82 Å². The number of nitrogens with zero attached hydrogens (tertiary/aromatic N) is 1. The van der Waals surface area contributed by atoms with E-state index in [4.69, 9.17) is 0 Å². The normalized spacial score (nSPS) is 19.6. The van der Waals surface area contributed by atoms with Crippen LogP contribution in [0.5, 0.6) is 0 Å². The Morgan fingerprint density at radius 2 is 1.95 bits per heavy atom. The van der Waals surface area contributed by atoms with E-state index in [2.05, 4.69) is 24.1 Å². The molecule has 1 N–H and O–H groups in total. The van der Waals surface area contributed by atoms with Crippen molar-refractivity contribution in [2.45, 2.75) is 45.7 Å². The van der Waals surface area contributed by atoms with Gasteiger partial charge in [0.05, 0.1) is 0 Å². The highest BCUT2D eigenvalue weighted by atomic mass is 19.1. The molecule has 2 nitrogen and oxygen atoms in total. The molecule has 0 aliphatic carbocycles. The molecule has 3 heteroatoms. The van der Waals surface area contributed by atoms with Crippen LogP contribution in [-0.4, -0.2) is 30.6 Å². The summed E-state index contributed by atoms with van der Waals surface area (Å²) in [5, 5.41) is 3.51. The molecule has 1 aromatic rings. The molecular formula is C16H25FN2. The van der Waals surface area contributed by atoms with Gasteiger partial charge in [-0.25, -0.2) is 4.39 Å². The van der Waals surface area contributed by atoms with E-state index >= 15 is 0 Å². The second-order valence-electron chi connectivity index (χ2n) is 5.73. The number of benzene rings is 1. The minimum Gasteiger partial charge on any atom is -0.309 e. The standard InChI is InChI=1S/C16H25FN2/c1-12-6-7-15(10-16(12)17)14(3)18-11-13(2)19-8-4-5-9-19/h6-7,10,13-14,18H,4-5,8-9,11H2,1-3H3. The monoisotopic (exact) mass is 264 g/mol. The molecule has 1 aliphatic heterocycles. The Balaban J connectivity index is 1.86. The first-order valence-corrected chi connectivity index (χ1v) is 7.31. The molecule has 0 bridgehead atoms. The lowest BCUT2D eigenvalue weighted by Gasteiger charge is -2.26. The highest BCUT2D eigenvalue weighted by molar-refractivity contribution is 5.25. The summed E-state index contributed by atoms with van der Waals surface area (Å²) in [5.74, 6) is -0.112. The third-order valence-electron chi connectivity index (χ3n) is 4.18. The van der Waals surface area contributed by atoms with Crippen molar-refractivity contribution in [3.63, 3.8) is 0 Å². The van der Waals surface area contributed by atoms with Crippen LogP contribution in [0.4, 0.5) is 4.39 Å². The average Bonchev–Trinajstić information content (AvgIpc) is 2.92.